The van der Waals surface area contributed by atoms with Gasteiger partial charge in [0.05, 0.1) is 11.8 Å². The topological polar surface area (TPSA) is 32.3 Å². The summed E-state index contributed by atoms with van der Waals surface area (Å²) in [7, 11) is 0. The van der Waals surface area contributed by atoms with Crippen molar-refractivity contribution in [3.8, 4) is 0 Å². The Morgan fingerprint density at radius 2 is 1.95 bits per heavy atom. The third-order valence-electron chi connectivity index (χ3n) is 2.73. The third kappa shape index (κ3) is 3.85. The first-order valence-corrected chi connectivity index (χ1v) is 7.34. The largest absolute Gasteiger partial charge is 0.387 e. The number of aliphatic hydroxyl groups excluding tert-OH is 1. The van der Waals surface area contributed by atoms with Gasteiger partial charge in [-0.3, -0.25) is 0 Å². The third-order valence-corrected chi connectivity index (χ3v) is 3.81. The molecule has 6 heteroatoms. The number of benzene rings is 2. The molecule has 2 rings (SSSR count). The van der Waals surface area contributed by atoms with Crippen molar-refractivity contribution in [1.82, 2.24) is 0 Å². The van der Waals surface area contributed by atoms with E-state index in [1.807, 2.05) is 0 Å². The average molecular weight is 379 g/mol. The standard InChI is InChI=1S/C14H11BrCl2FNO/c15-8-1-4-13(12(18)5-8)19-7-14(20)10-6-9(16)2-3-11(10)17/h1-6,14,19-20H,7H2. The van der Waals surface area contributed by atoms with Gasteiger partial charge in [0, 0.05) is 26.6 Å². The average Bonchev–Trinajstić information content (AvgIpc) is 2.40. The predicted octanol–water partition coefficient (Wildman–Crippen LogP) is 5.04. The summed E-state index contributed by atoms with van der Waals surface area (Å²) >= 11 is 15.0. The summed E-state index contributed by atoms with van der Waals surface area (Å²) in [5.74, 6) is -0.399. The maximum Gasteiger partial charge on any atom is 0.147 e. The van der Waals surface area contributed by atoms with E-state index in [9.17, 15) is 9.50 Å². The highest BCUT2D eigenvalue weighted by Gasteiger charge is 2.13. The van der Waals surface area contributed by atoms with Crippen LogP contribution in [0.5, 0.6) is 0 Å². The molecule has 2 nitrogen and oxygen atoms in total. The second-order valence-corrected chi connectivity index (χ2v) is 5.95. The van der Waals surface area contributed by atoms with E-state index >= 15 is 0 Å². The Kier molecular flexibility index (Phi) is 5.27. The molecule has 0 saturated heterocycles. The first kappa shape index (κ1) is 15.6. The van der Waals surface area contributed by atoms with E-state index in [2.05, 4.69) is 21.2 Å². The van der Waals surface area contributed by atoms with Crippen molar-refractivity contribution in [1.29, 1.82) is 0 Å². The van der Waals surface area contributed by atoms with E-state index in [4.69, 9.17) is 23.2 Å². The summed E-state index contributed by atoms with van der Waals surface area (Å²) in [6.45, 7) is 0.124. The van der Waals surface area contributed by atoms with E-state index in [0.29, 0.717) is 25.8 Å². The normalized spacial score (nSPS) is 12.2. The van der Waals surface area contributed by atoms with Crippen LogP contribution in [-0.2, 0) is 0 Å². The molecule has 20 heavy (non-hydrogen) atoms. The lowest BCUT2D eigenvalue weighted by Crippen LogP contribution is -2.13. The lowest BCUT2D eigenvalue weighted by molar-refractivity contribution is 0.191. The minimum Gasteiger partial charge on any atom is -0.387 e. The Balaban J connectivity index is 2.08. The van der Waals surface area contributed by atoms with Gasteiger partial charge >= 0.3 is 0 Å². The van der Waals surface area contributed by atoms with Crippen molar-refractivity contribution in [2.45, 2.75) is 6.10 Å². The predicted molar refractivity (Wildman–Crippen MR) is 84.0 cm³/mol. The molecule has 0 aliphatic rings. The fourth-order valence-electron chi connectivity index (χ4n) is 1.72. The highest BCUT2D eigenvalue weighted by Crippen LogP contribution is 2.27. The number of anilines is 1. The smallest absolute Gasteiger partial charge is 0.147 e. The molecular weight excluding hydrogens is 368 g/mol. The van der Waals surface area contributed by atoms with Crippen LogP contribution in [0.1, 0.15) is 11.7 Å². The van der Waals surface area contributed by atoms with Crippen LogP contribution in [0.4, 0.5) is 10.1 Å². The van der Waals surface area contributed by atoms with Gasteiger partial charge in [-0.2, -0.15) is 0 Å². The highest BCUT2D eigenvalue weighted by molar-refractivity contribution is 9.10. The summed E-state index contributed by atoms with van der Waals surface area (Å²) in [4.78, 5) is 0. The molecule has 2 N–H and O–H groups in total. The van der Waals surface area contributed by atoms with Crippen LogP contribution in [0.2, 0.25) is 10.0 Å². The summed E-state index contributed by atoms with van der Waals surface area (Å²) < 4.78 is 14.3. The molecule has 0 bridgehead atoms. The van der Waals surface area contributed by atoms with Gasteiger partial charge < -0.3 is 10.4 Å². The van der Waals surface area contributed by atoms with Crippen molar-refractivity contribution in [2.75, 3.05) is 11.9 Å². The molecule has 0 aromatic heterocycles. The fraction of sp³-hybridized carbons (Fsp3) is 0.143. The minimum absolute atomic E-state index is 0.124. The van der Waals surface area contributed by atoms with Crippen molar-refractivity contribution < 1.29 is 9.50 Å². The summed E-state index contributed by atoms with van der Waals surface area (Å²) in [5, 5.41) is 13.8. The number of hydrogen-bond acceptors (Lipinski definition) is 2. The lowest BCUT2D eigenvalue weighted by atomic mass is 10.1. The molecular formula is C14H11BrCl2FNO. The molecule has 2 aromatic carbocycles. The second kappa shape index (κ2) is 6.76. The molecule has 0 aliphatic carbocycles. The number of hydrogen-bond donors (Lipinski definition) is 2. The van der Waals surface area contributed by atoms with E-state index < -0.39 is 11.9 Å². The summed E-state index contributed by atoms with van der Waals surface area (Å²) in [5.41, 5.74) is 0.814. The van der Waals surface area contributed by atoms with Gasteiger partial charge in [-0.15, -0.1) is 0 Å². The lowest BCUT2D eigenvalue weighted by Gasteiger charge is -2.15. The van der Waals surface area contributed by atoms with E-state index in [1.54, 1.807) is 30.3 Å². The molecule has 0 aliphatic heterocycles. The molecule has 0 heterocycles. The Hall–Kier alpha value is -0.810. The molecule has 1 unspecified atom stereocenters. The molecule has 106 valence electrons. The highest BCUT2D eigenvalue weighted by atomic mass is 79.9. The molecule has 0 radical (unpaired) electrons. The molecule has 0 amide bonds. The van der Waals surface area contributed by atoms with Crippen LogP contribution in [0, 0.1) is 5.82 Å². The van der Waals surface area contributed by atoms with Gasteiger partial charge in [0.15, 0.2) is 0 Å². The molecule has 2 aromatic rings. The van der Waals surface area contributed by atoms with Gasteiger partial charge in [0.1, 0.15) is 5.82 Å². The second-order valence-electron chi connectivity index (χ2n) is 4.19. The summed E-state index contributed by atoms with van der Waals surface area (Å²) in [6.07, 6.45) is -0.885. The molecule has 0 fully saturated rings. The zero-order chi connectivity index (χ0) is 14.7. The number of nitrogens with one attached hydrogen (secondary N) is 1. The Morgan fingerprint density at radius 3 is 2.65 bits per heavy atom. The molecule has 0 spiro atoms. The van der Waals surface area contributed by atoms with Gasteiger partial charge in [-0.05, 0) is 36.4 Å². The van der Waals surface area contributed by atoms with E-state index in [1.165, 1.54) is 6.07 Å². The quantitative estimate of drug-likeness (QED) is 0.780. The number of aliphatic hydroxyl groups is 1. The number of rotatable bonds is 4. The summed E-state index contributed by atoms with van der Waals surface area (Å²) in [6, 6.07) is 9.50. The molecule has 0 saturated carbocycles. The van der Waals surface area contributed by atoms with Gasteiger partial charge in [-0.1, -0.05) is 39.1 Å². The van der Waals surface area contributed by atoms with E-state index in [-0.39, 0.29) is 6.54 Å². The van der Waals surface area contributed by atoms with Crippen molar-refractivity contribution in [3.05, 3.63) is 62.3 Å². The Bertz CT molecular complexity index is 624. The SMILES string of the molecule is OC(CNc1ccc(Br)cc1F)c1cc(Cl)ccc1Cl. The van der Waals surface area contributed by atoms with Crippen molar-refractivity contribution in [3.63, 3.8) is 0 Å². The Labute approximate surface area is 134 Å². The van der Waals surface area contributed by atoms with E-state index in [0.717, 1.165) is 0 Å². The monoisotopic (exact) mass is 377 g/mol. The zero-order valence-electron chi connectivity index (χ0n) is 10.2. The van der Waals surface area contributed by atoms with Crippen LogP contribution in [0.15, 0.2) is 40.9 Å². The maximum absolute atomic E-state index is 13.6. The van der Waals surface area contributed by atoms with Gasteiger partial charge in [0.25, 0.3) is 0 Å². The van der Waals surface area contributed by atoms with Crippen molar-refractivity contribution >= 4 is 44.8 Å². The van der Waals surface area contributed by atoms with Crippen LogP contribution in [0.3, 0.4) is 0 Å². The van der Waals surface area contributed by atoms with Crippen LogP contribution in [0.25, 0.3) is 0 Å². The zero-order valence-corrected chi connectivity index (χ0v) is 13.3. The first-order valence-electron chi connectivity index (χ1n) is 5.79. The fourth-order valence-corrected chi connectivity index (χ4v) is 2.48. The van der Waals surface area contributed by atoms with Gasteiger partial charge in [0.2, 0.25) is 0 Å². The van der Waals surface area contributed by atoms with Crippen LogP contribution < -0.4 is 5.32 Å². The minimum atomic E-state index is -0.885. The van der Waals surface area contributed by atoms with Gasteiger partial charge in [-0.25, -0.2) is 4.39 Å². The Morgan fingerprint density at radius 1 is 1.20 bits per heavy atom. The van der Waals surface area contributed by atoms with Crippen LogP contribution in [-0.4, -0.2) is 11.7 Å². The number of halogens is 4. The van der Waals surface area contributed by atoms with Crippen LogP contribution >= 0.6 is 39.1 Å². The van der Waals surface area contributed by atoms with Crippen molar-refractivity contribution in [2.24, 2.45) is 0 Å². The molecule has 1 atom stereocenters. The first-order chi connectivity index (χ1) is 9.47. The maximum atomic E-state index is 13.6.